The van der Waals surface area contributed by atoms with Crippen molar-refractivity contribution < 1.29 is 27.4 Å². The Balaban J connectivity index is 1.54. The minimum absolute atomic E-state index is 0.108. The number of carbonyl (C=O) groups is 1. The lowest BCUT2D eigenvalue weighted by atomic mass is 9.82. The summed E-state index contributed by atoms with van der Waals surface area (Å²) in [6.45, 7) is 2.57. The van der Waals surface area contributed by atoms with Gasteiger partial charge in [0.25, 0.3) is 0 Å². The highest BCUT2D eigenvalue weighted by molar-refractivity contribution is 7.88. The fourth-order valence-electron chi connectivity index (χ4n) is 5.09. The average Bonchev–Trinajstić information content (AvgIpc) is 3.02. The predicted molar refractivity (Wildman–Crippen MR) is 116 cm³/mol. The zero-order valence-electron chi connectivity index (χ0n) is 18.2. The Hall–Kier alpha value is -1.84. The predicted octanol–water partition coefficient (Wildman–Crippen LogP) is 2.64. The van der Waals surface area contributed by atoms with Crippen molar-refractivity contribution in [3.63, 3.8) is 0 Å². The van der Waals surface area contributed by atoms with Gasteiger partial charge in [-0.25, -0.2) is 17.9 Å². The quantitative estimate of drug-likeness (QED) is 0.741. The molecule has 3 atom stereocenters. The molecule has 172 valence electrons. The molecule has 1 saturated carbocycles. The van der Waals surface area contributed by atoms with Crippen molar-refractivity contribution in [3.8, 4) is 5.75 Å². The standard InChI is InChI=1S/C22H32N2O6S/c1-15-12-20(23-31(2,26)27)21-14-30-18-8-6-16(7-9-18)17-4-3-5-19(13-17)28-10-11-29-22(25)24(15)21/h3-5,13,15-16,18,20-21,23H,6-12,14H2,1-2H3/t15-,16?,18?,20+,21?/m1/s1. The van der Waals surface area contributed by atoms with E-state index in [0.717, 1.165) is 37.7 Å². The Morgan fingerprint density at radius 3 is 2.58 bits per heavy atom. The minimum Gasteiger partial charge on any atom is -0.490 e. The lowest BCUT2D eigenvalue weighted by Gasteiger charge is -2.33. The number of hydrogen-bond acceptors (Lipinski definition) is 6. The van der Waals surface area contributed by atoms with Crippen LogP contribution >= 0.6 is 0 Å². The van der Waals surface area contributed by atoms with E-state index in [-0.39, 0.29) is 32.0 Å². The maximum absolute atomic E-state index is 12.9. The van der Waals surface area contributed by atoms with Gasteiger partial charge in [-0.1, -0.05) is 12.1 Å². The second-order valence-electron chi connectivity index (χ2n) is 8.90. The van der Waals surface area contributed by atoms with Gasteiger partial charge in [-0.05, 0) is 62.6 Å². The smallest absolute Gasteiger partial charge is 0.410 e. The van der Waals surface area contributed by atoms with E-state index in [1.165, 1.54) is 5.56 Å². The van der Waals surface area contributed by atoms with Crippen LogP contribution in [0.5, 0.6) is 5.75 Å². The van der Waals surface area contributed by atoms with Gasteiger partial charge in [0, 0.05) is 12.1 Å². The lowest BCUT2D eigenvalue weighted by Crippen LogP contribution is -2.50. The molecule has 1 aromatic carbocycles. The van der Waals surface area contributed by atoms with Crippen molar-refractivity contribution in [1.29, 1.82) is 0 Å². The molecule has 9 heteroatoms. The van der Waals surface area contributed by atoms with Gasteiger partial charge in [0.1, 0.15) is 19.0 Å². The molecule has 1 aromatic rings. The van der Waals surface area contributed by atoms with E-state index in [2.05, 4.69) is 16.9 Å². The van der Waals surface area contributed by atoms with Gasteiger partial charge < -0.3 is 14.2 Å². The molecule has 1 unspecified atom stereocenters. The van der Waals surface area contributed by atoms with Crippen LogP contribution in [0.2, 0.25) is 0 Å². The Morgan fingerprint density at radius 2 is 1.84 bits per heavy atom. The summed E-state index contributed by atoms with van der Waals surface area (Å²) in [5.74, 6) is 1.26. The zero-order valence-corrected chi connectivity index (χ0v) is 19.0. The first-order valence-corrected chi connectivity index (χ1v) is 13.0. The van der Waals surface area contributed by atoms with Gasteiger partial charge in [-0.3, -0.25) is 4.90 Å². The van der Waals surface area contributed by atoms with Gasteiger partial charge in [-0.2, -0.15) is 0 Å². The van der Waals surface area contributed by atoms with Gasteiger partial charge in [0.15, 0.2) is 0 Å². The van der Waals surface area contributed by atoms with Crippen molar-refractivity contribution in [2.45, 2.75) is 69.2 Å². The highest BCUT2D eigenvalue weighted by Gasteiger charge is 2.44. The summed E-state index contributed by atoms with van der Waals surface area (Å²) in [5, 5.41) is 0. The monoisotopic (exact) mass is 452 g/mol. The second kappa shape index (κ2) is 9.34. The van der Waals surface area contributed by atoms with E-state index in [1.54, 1.807) is 4.90 Å². The second-order valence-corrected chi connectivity index (χ2v) is 10.7. The minimum atomic E-state index is -3.41. The number of nitrogens with one attached hydrogen (secondary N) is 1. The molecule has 0 radical (unpaired) electrons. The molecule has 31 heavy (non-hydrogen) atoms. The van der Waals surface area contributed by atoms with Crippen LogP contribution in [0.25, 0.3) is 0 Å². The highest BCUT2D eigenvalue weighted by atomic mass is 32.2. The van der Waals surface area contributed by atoms with E-state index in [4.69, 9.17) is 14.2 Å². The molecule has 1 amide bonds. The number of amides is 1. The third-order valence-electron chi connectivity index (χ3n) is 6.55. The molecular weight excluding hydrogens is 420 g/mol. The third kappa shape index (κ3) is 5.51. The van der Waals surface area contributed by atoms with Gasteiger partial charge in [-0.15, -0.1) is 0 Å². The molecule has 3 aliphatic heterocycles. The summed E-state index contributed by atoms with van der Waals surface area (Å²) in [6, 6.07) is 7.19. The summed E-state index contributed by atoms with van der Waals surface area (Å²) in [5.41, 5.74) is 1.27. The van der Waals surface area contributed by atoms with E-state index in [9.17, 15) is 13.2 Å². The maximum atomic E-state index is 12.9. The number of sulfonamides is 1. The molecule has 1 aliphatic carbocycles. The maximum Gasteiger partial charge on any atom is 0.410 e. The molecule has 1 N–H and O–H groups in total. The first-order valence-electron chi connectivity index (χ1n) is 11.1. The van der Waals surface area contributed by atoms with Crippen LogP contribution in [0.4, 0.5) is 4.79 Å². The van der Waals surface area contributed by atoms with E-state index in [0.29, 0.717) is 12.3 Å². The fraction of sp³-hybridized carbons (Fsp3) is 0.682. The Labute approximate surface area is 184 Å². The molecule has 0 aromatic heterocycles. The normalized spacial score (nSPS) is 32.3. The fourth-order valence-corrected chi connectivity index (χ4v) is 5.89. The zero-order chi connectivity index (χ0) is 22.0. The highest BCUT2D eigenvalue weighted by Crippen LogP contribution is 2.36. The number of fused-ring (bicyclic) bond motifs is 7. The largest absolute Gasteiger partial charge is 0.490 e. The van der Waals surface area contributed by atoms with E-state index in [1.807, 2.05) is 19.1 Å². The summed E-state index contributed by atoms with van der Waals surface area (Å²) >= 11 is 0. The molecule has 8 nitrogen and oxygen atoms in total. The Bertz CT molecular complexity index is 884. The van der Waals surface area contributed by atoms with Gasteiger partial charge >= 0.3 is 6.09 Å². The van der Waals surface area contributed by atoms with E-state index < -0.39 is 28.2 Å². The van der Waals surface area contributed by atoms with Crippen LogP contribution < -0.4 is 9.46 Å². The molecule has 4 bridgehead atoms. The Kier molecular flexibility index (Phi) is 6.74. The molecule has 1 saturated heterocycles. The van der Waals surface area contributed by atoms with Crippen molar-refractivity contribution >= 4 is 16.1 Å². The molecular formula is C22H32N2O6S. The summed E-state index contributed by atoms with van der Waals surface area (Å²) in [7, 11) is -3.41. The van der Waals surface area contributed by atoms with Crippen molar-refractivity contribution in [2.75, 3.05) is 26.1 Å². The summed E-state index contributed by atoms with van der Waals surface area (Å²) in [4.78, 5) is 14.5. The first-order chi connectivity index (χ1) is 14.8. The van der Waals surface area contributed by atoms with Crippen LogP contribution in [0.3, 0.4) is 0 Å². The Morgan fingerprint density at radius 1 is 1.10 bits per heavy atom. The average molecular weight is 453 g/mol. The summed E-state index contributed by atoms with van der Waals surface area (Å²) < 4.78 is 44.0. The molecule has 4 aliphatic rings. The number of carbonyl (C=O) groups excluding carboxylic acids is 1. The molecule has 0 spiro atoms. The number of benzene rings is 1. The van der Waals surface area contributed by atoms with Gasteiger partial charge in [0.05, 0.1) is 25.0 Å². The van der Waals surface area contributed by atoms with E-state index >= 15 is 0 Å². The van der Waals surface area contributed by atoms with Crippen molar-refractivity contribution in [1.82, 2.24) is 9.62 Å². The first kappa shape index (κ1) is 22.4. The third-order valence-corrected chi connectivity index (χ3v) is 7.28. The molecule has 3 heterocycles. The lowest BCUT2D eigenvalue weighted by molar-refractivity contribution is -0.0114. The number of rotatable bonds is 2. The van der Waals surface area contributed by atoms with Crippen LogP contribution in [0.1, 0.15) is 50.5 Å². The SMILES string of the molecule is C[C@@H]1C[C@H](NS(C)(=O)=O)C2COC3CCC(CC3)c3cccc(c3)OCCOC(=O)N21. The number of ether oxygens (including phenoxy) is 3. The van der Waals surface area contributed by atoms with Crippen LogP contribution in [-0.2, 0) is 19.5 Å². The van der Waals surface area contributed by atoms with Gasteiger partial charge in [0.2, 0.25) is 10.0 Å². The number of nitrogens with zero attached hydrogens (tertiary/aromatic N) is 1. The number of hydrogen-bond donors (Lipinski definition) is 1. The van der Waals surface area contributed by atoms with Crippen LogP contribution in [-0.4, -0.2) is 69.7 Å². The van der Waals surface area contributed by atoms with Crippen molar-refractivity contribution in [2.24, 2.45) is 0 Å². The topological polar surface area (TPSA) is 94.2 Å². The molecule has 2 fully saturated rings. The summed E-state index contributed by atoms with van der Waals surface area (Å²) in [6.07, 6.45) is 5.24. The van der Waals surface area contributed by atoms with Crippen LogP contribution in [0.15, 0.2) is 24.3 Å². The molecule has 5 rings (SSSR count). The van der Waals surface area contributed by atoms with Crippen LogP contribution in [0, 0.1) is 0 Å². The van der Waals surface area contributed by atoms with Crippen molar-refractivity contribution in [3.05, 3.63) is 29.8 Å².